The van der Waals surface area contributed by atoms with Crippen molar-refractivity contribution in [1.82, 2.24) is 9.97 Å². The highest BCUT2D eigenvalue weighted by atomic mass is 31.2. The number of ether oxygens (including phenoxy) is 1. The lowest BCUT2D eigenvalue weighted by Gasteiger charge is -2.21. The normalized spacial score (nSPS) is 12.7. The second kappa shape index (κ2) is 6.95. The molecular weight excluding hydrogens is 321 g/mol. The van der Waals surface area contributed by atoms with Gasteiger partial charge >= 0.3 is 7.60 Å². The van der Waals surface area contributed by atoms with Crippen LogP contribution in [0.15, 0.2) is 30.7 Å². The van der Waals surface area contributed by atoms with Gasteiger partial charge in [-0.05, 0) is 24.1 Å². The Bertz CT molecular complexity index is 720. The van der Waals surface area contributed by atoms with Gasteiger partial charge in [-0.3, -0.25) is 9.55 Å². The van der Waals surface area contributed by atoms with E-state index in [9.17, 15) is 19.5 Å². The SMILES string of the molecule is COc1cc(C(CNc2cnccn2)P(=O)(O)O)cc(C)c1O. The highest BCUT2D eigenvalue weighted by Crippen LogP contribution is 2.53. The number of rotatable bonds is 6. The van der Waals surface area contributed by atoms with Crippen LogP contribution in [0.2, 0.25) is 0 Å². The number of aryl methyl sites for hydroxylation is 1. The Kier molecular flexibility index (Phi) is 5.20. The minimum Gasteiger partial charge on any atom is -0.504 e. The highest BCUT2D eigenvalue weighted by molar-refractivity contribution is 7.52. The summed E-state index contributed by atoms with van der Waals surface area (Å²) in [6.07, 6.45) is 4.43. The fourth-order valence-electron chi connectivity index (χ4n) is 2.14. The predicted octanol–water partition coefficient (Wildman–Crippen LogP) is 1.83. The first kappa shape index (κ1) is 17.2. The van der Waals surface area contributed by atoms with Crippen LogP contribution in [0.25, 0.3) is 0 Å². The van der Waals surface area contributed by atoms with Gasteiger partial charge in [0.1, 0.15) is 11.5 Å². The zero-order chi connectivity index (χ0) is 17.0. The number of nitrogens with one attached hydrogen (secondary N) is 1. The van der Waals surface area contributed by atoms with E-state index in [1.165, 1.54) is 37.8 Å². The van der Waals surface area contributed by atoms with Crippen LogP contribution in [-0.2, 0) is 4.57 Å². The van der Waals surface area contributed by atoms with Crippen molar-refractivity contribution in [2.45, 2.75) is 12.6 Å². The Balaban J connectivity index is 2.32. The number of phenolic OH excluding ortho intramolecular Hbond substituents is 1. The van der Waals surface area contributed by atoms with Gasteiger partial charge in [0.15, 0.2) is 11.5 Å². The van der Waals surface area contributed by atoms with E-state index in [0.717, 1.165) is 0 Å². The maximum absolute atomic E-state index is 11.9. The number of nitrogens with zero attached hydrogens (tertiary/aromatic N) is 2. The van der Waals surface area contributed by atoms with Crippen molar-refractivity contribution < 1.29 is 24.2 Å². The summed E-state index contributed by atoms with van der Waals surface area (Å²) in [5.41, 5.74) is -0.281. The molecule has 4 N–H and O–H groups in total. The van der Waals surface area contributed by atoms with E-state index in [1.807, 2.05) is 0 Å². The van der Waals surface area contributed by atoms with Crippen molar-refractivity contribution in [2.24, 2.45) is 0 Å². The molecule has 1 aromatic carbocycles. The molecule has 1 atom stereocenters. The smallest absolute Gasteiger partial charge is 0.334 e. The molecule has 0 fully saturated rings. The Morgan fingerprint density at radius 3 is 2.65 bits per heavy atom. The van der Waals surface area contributed by atoms with Crippen LogP contribution >= 0.6 is 7.60 Å². The van der Waals surface area contributed by atoms with E-state index in [2.05, 4.69) is 15.3 Å². The molecule has 23 heavy (non-hydrogen) atoms. The Morgan fingerprint density at radius 1 is 1.35 bits per heavy atom. The molecule has 0 saturated heterocycles. The number of anilines is 1. The number of phenols is 1. The number of aromatic hydroxyl groups is 1. The molecule has 0 spiro atoms. The number of methoxy groups -OCH3 is 1. The molecule has 2 rings (SSSR count). The molecule has 8 nitrogen and oxygen atoms in total. The van der Waals surface area contributed by atoms with Crippen LogP contribution in [-0.4, -0.2) is 38.5 Å². The van der Waals surface area contributed by atoms with Crippen LogP contribution in [0.5, 0.6) is 11.5 Å². The maximum Gasteiger partial charge on any atom is 0.334 e. The van der Waals surface area contributed by atoms with Crippen molar-refractivity contribution in [3.63, 3.8) is 0 Å². The molecular formula is C14H18N3O5P. The molecule has 0 aliphatic heterocycles. The Labute approximate surface area is 133 Å². The van der Waals surface area contributed by atoms with Gasteiger partial charge < -0.3 is 24.9 Å². The van der Waals surface area contributed by atoms with Crippen molar-refractivity contribution in [3.05, 3.63) is 41.9 Å². The summed E-state index contributed by atoms with van der Waals surface area (Å²) in [6.45, 7) is 1.59. The fraction of sp³-hybridized carbons (Fsp3) is 0.286. The van der Waals surface area contributed by atoms with Crippen LogP contribution < -0.4 is 10.1 Å². The van der Waals surface area contributed by atoms with Crippen molar-refractivity contribution in [2.75, 3.05) is 19.0 Å². The molecule has 124 valence electrons. The van der Waals surface area contributed by atoms with E-state index in [-0.39, 0.29) is 18.0 Å². The minimum atomic E-state index is -4.45. The summed E-state index contributed by atoms with van der Waals surface area (Å²) in [4.78, 5) is 27.2. The van der Waals surface area contributed by atoms with Gasteiger partial charge in [-0.15, -0.1) is 0 Å². The quantitative estimate of drug-likeness (QED) is 0.588. The largest absolute Gasteiger partial charge is 0.504 e. The number of aromatic nitrogens is 2. The standard InChI is InChI=1S/C14H18N3O5P/c1-9-5-10(6-11(22-2)14(9)18)12(23(19,20)21)7-17-13-8-15-3-4-16-13/h3-6,8,12,18H,7H2,1-2H3,(H,16,17)(H2,19,20,21). The molecule has 0 bridgehead atoms. The highest BCUT2D eigenvalue weighted by Gasteiger charge is 2.31. The third kappa shape index (κ3) is 4.19. The molecule has 0 amide bonds. The average molecular weight is 339 g/mol. The topological polar surface area (TPSA) is 125 Å². The fourth-order valence-corrected chi connectivity index (χ4v) is 3.01. The third-order valence-corrected chi connectivity index (χ3v) is 4.63. The van der Waals surface area contributed by atoms with Crippen LogP contribution in [0.3, 0.4) is 0 Å². The Hall–Kier alpha value is -2.15. The zero-order valence-electron chi connectivity index (χ0n) is 12.7. The number of hydrogen-bond donors (Lipinski definition) is 4. The lowest BCUT2D eigenvalue weighted by atomic mass is 10.1. The van der Waals surface area contributed by atoms with E-state index in [0.29, 0.717) is 16.9 Å². The predicted molar refractivity (Wildman–Crippen MR) is 84.7 cm³/mol. The number of hydrogen-bond acceptors (Lipinski definition) is 6. The first-order valence-electron chi connectivity index (χ1n) is 6.75. The summed E-state index contributed by atoms with van der Waals surface area (Å²) in [5.74, 6) is 0.522. The minimum absolute atomic E-state index is 0.0453. The van der Waals surface area contributed by atoms with Gasteiger partial charge in [-0.1, -0.05) is 6.07 Å². The van der Waals surface area contributed by atoms with Crippen molar-refractivity contribution in [3.8, 4) is 11.5 Å². The van der Waals surface area contributed by atoms with Gasteiger partial charge in [0, 0.05) is 18.9 Å². The second-order valence-electron chi connectivity index (χ2n) is 4.97. The molecule has 0 saturated carbocycles. The van der Waals surface area contributed by atoms with E-state index < -0.39 is 13.3 Å². The summed E-state index contributed by atoms with van der Waals surface area (Å²) >= 11 is 0. The van der Waals surface area contributed by atoms with Gasteiger partial charge in [-0.2, -0.15) is 0 Å². The van der Waals surface area contributed by atoms with Crippen LogP contribution in [0.1, 0.15) is 16.8 Å². The van der Waals surface area contributed by atoms with Crippen LogP contribution in [0.4, 0.5) is 5.82 Å². The lowest BCUT2D eigenvalue weighted by Crippen LogP contribution is -2.14. The third-order valence-electron chi connectivity index (χ3n) is 3.34. The van der Waals surface area contributed by atoms with Crippen LogP contribution in [0, 0.1) is 6.92 Å². The molecule has 1 aromatic heterocycles. The van der Waals surface area contributed by atoms with Gasteiger partial charge in [-0.25, -0.2) is 4.98 Å². The Morgan fingerprint density at radius 2 is 2.09 bits per heavy atom. The maximum atomic E-state index is 11.9. The van der Waals surface area contributed by atoms with Gasteiger partial charge in [0.25, 0.3) is 0 Å². The van der Waals surface area contributed by atoms with E-state index >= 15 is 0 Å². The average Bonchev–Trinajstić information content (AvgIpc) is 2.50. The lowest BCUT2D eigenvalue weighted by molar-refractivity contribution is 0.358. The molecule has 0 aliphatic carbocycles. The second-order valence-corrected chi connectivity index (χ2v) is 6.77. The molecule has 1 unspecified atom stereocenters. The molecule has 0 aliphatic rings. The van der Waals surface area contributed by atoms with Crippen molar-refractivity contribution in [1.29, 1.82) is 0 Å². The summed E-state index contributed by atoms with van der Waals surface area (Å²) in [5, 5.41) is 12.7. The molecule has 1 heterocycles. The monoisotopic (exact) mass is 339 g/mol. The summed E-state index contributed by atoms with van der Waals surface area (Å²) in [6, 6.07) is 2.95. The van der Waals surface area contributed by atoms with Gasteiger partial charge in [0.2, 0.25) is 0 Å². The van der Waals surface area contributed by atoms with Crippen molar-refractivity contribution >= 4 is 13.4 Å². The van der Waals surface area contributed by atoms with Gasteiger partial charge in [0.05, 0.1) is 13.3 Å². The number of benzene rings is 1. The first-order valence-corrected chi connectivity index (χ1v) is 8.43. The summed E-state index contributed by atoms with van der Waals surface area (Å²) in [7, 11) is -3.07. The molecule has 9 heteroatoms. The van der Waals surface area contributed by atoms with E-state index in [4.69, 9.17) is 4.74 Å². The molecule has 2 aromatic rings. The molecule has 0 radical (unpaired) electrons. The first-order chi connectivity index (χ1) is 10.8. The van der Waals surface area contributed by atoms with E-state index in [1.54, 1.807) is 6.92 Å². The summed E-state index contributed by atoms with van der Waals surface area (Å²) < 4.78 is 16.9. The zero-order valence-corrected chi connectivity index (χ0v) is 13.6.